The molecule has 0 unspecified atom stereocenters. The molecule has 3 N–H and O–H groups in total. The lowest BCUT2D eigenvalue weighted by Gasteiger charge is -2.43. The van der Waals surface area contributed by atoms with Gasteiger partial charge in [0.25, 0.3) is 21.2 Å². The second-order valence-electron chi connectivity index (χ2n) is 21.0. The molecule has 1 spiro atoms. The predicted octanol–water partition coefficient (Wildman–Crippen LogP) is 5.55. The van der Waals surface area contributed by atoms with Crippen LogP contribution in [0.1, 0.15) is 116 Å². The number of unbranched alkanes of at least 4 members (excludes halogenated alkanes) is 6. The lowest BCUT2D eigenvalue weighted by atomic mass is 9.89. The van der Waals surface area contributed by atoms with Gasteiger partial charge in [0.1, 0.15) is 18.4 Å². The monoisotopic (exact) mass is 980 g/mol. The van der Waals surface area contributed by atoms with Crippen LogP contribution in [0.15, 0.2) is 47.8 Å². The van der Waals surface area contributed by atoms with E-state index in [1.54, 1.807) is 13.8 Å². The van der Waals surface area contributed by atoms with Crippen LogP contribution in [-0.4, -0.2) is 91.6 Å². The van der Waals surface area contributed by atoms with Crippen LogP contribution in [0.25, 0.3) is 10.4 Å². The minimum atomic E-state index is -4.29. The van der Waals surface area contributed by atoms with Crippen LogP contribution >= 0.6 is 0 Å². The minimum Gasteiger partial charge on any atom is -0.414 e. The third kappa shape index (κ3) is 10.9. The van der Waals surface area contributed by atoms with Crippen LogP contribution in [0.3, 0.4) is 0 Å². The van der Waals surface area contributed by atoms with Gasteiger partial charge in [0.2, 0.25) is 0 Å². The van der Waals surface area contributed by atoms with E-state index in [2.05, 4.69) is 43.9 Å². The van der Waals surface area contributed by atoms with Gasteiger partial charge in [-0.1, -0.05) is 78.8 Å². The molecule has 2 saturated heterocycles. The largest absolute Gasteiger partial charge is 0.414 e. The number of aliphatic hydroxyl groups excluding tert-OH is 1. The quantitative estimate of drug-likeness (QED) is 0.0438. The molecular weight excluding hydrogens is 909 g/mol. The van der Waals surface area contributed by atoms with Crippen molar-refractivity contribution in [2.45, 2.75) is 199 Å². The second kappa shape index (κ2) is 20.1. The summed E-state index contributed by atoms with van der Waals surface area (Å²) in [5.74, 6) is 0. The average molecular weight is 981 g/mol. The van der Waals surface area contributed by atoms with Crippen LogP contribution in [0.4, 0.5) is 0 Å². The summed E-state index contributed by atoms with van der Waals surface area (Å²) in [6.07, 6.45) is 3.02. The summed E-state index contributed by atoms with van der Waals surface area (Å²) < 4.78 is 63.6. The molecule has 7 atom stereocenters. The number of nitrogens with zero attached hydrogens (tertiary/aromatic N) is 7. The van der Waals surface area contributed by atoms with Crippen molar-refractivity contribution < 1.29 is 36.0 Å². The van der Waals surface area contributed by atoms with Gasteiger partial charge in [-0.15, -0.1) is 0 Å². The Hall–Kier alpha value is -3.65. The fourth-order valence-electron chi connectivity index (χ4n) is 8.18. The van der Waals surface area contributed by atoms with Crippen LogP contribution in [0.2, 0.25) is 36.3 Å². The maximum absolute atomic E-state index is 14.5. The maximum atomic E-state index is 14.5. The Balaban J connectivity index is 1.28. The fourth-order valence-corrected chi connectivity index (χ4v) is 11.7. The summed E-state index contributed by atoms with van der Waals surface area (Å²) in [6, 6.07) is -0.643. The van der Waals surface area contributed by atoms with Gasteiger partial charge in [0.15, 0.2) is 28.5 Å². The fraction of sp³-hybridized carbons (Fsp3) is 0.767. The molecule has 2 fully saturated rings. The van der Waals surface area contributed by atoms with Crippen molar-refractivity contribution in [3.8, 4) is 0 Å². The SMILES string of the molecule is Cc1cn([C@@H]2O[C@H](CO[Si](C)(C)C(C)(C)C)[C@@]3(OS(=O)(=O)C=C3N)[C@H]2O[Si](C)(C)C(C)(C)C)c(=O)n(CCCCCCCCCn2c(=O)c(C)cn([C@H]3C[C@H](N=[N+]=[N-])[C@@H](CO)O3)c2=O)c1=O. The van der Waals surface area contributed by atoms with Crippen molar-refractivity contribution >= 4 is 26.8 Å². The molecule has 5 heterocycles. The van der Waals surface area contributed by atoms with Crippen LogP contribution in [-0.2, 0) is 45.7 Å². The van der Waals surface area contributed by atoms with Gasteiger partial charge in [0.05, 0.1) is 36.5 Å². The molecule has 0 bridgehead atoms. The Morgan fingerprint density at radius 2 is 1.35 bits per heavy atom. The third-order valence-electron chi connectivity index (χ3n) is 14.2. The number of aryl methyl sites for hydroxylation is 2. The standard InChI is InChI=1S/C43H72N8O12SSi2/c1-28-23-50(34-22-30(46-47-45)31(25-52)60-34)39(55)48(36(28)53)20-18-16-14-13-15-17-19-21-49-37(54)29(2)24-51(40(49)56)38-35(62-66(11,12)42(6,7)8)43(32(44)27-64(57,58)63-43)33(61-38)26-59-65(9,10)41(3,4)5/h23-24,27,30-31,33-35,38,52H,13-22,25-26,44H2,1-12H3/t30-,31+,33+,34+,35-,38+,43+/m0/s1. The number of ether oxygens (including phenoxy) is 2. The first-order valence-corrected chi connectivity index (χ1v) is 30.2. The molecule has 0 amide bonds. The second-order valence-corrected chi connectivity index (χ2v) is 32.0. The summed E-state index contributed by atoms with van der Waals surface area (Å²) >= 11 is 0. The molecule has 2 aromatic heterocycles. The Kier molecular flexibility index (Phi) is 16.3. The Bertz CT molecular complexity index is 2540. The maximum Gasteiger partial charge on any atom is 0.333 e. The van der Waals surface area contributed by atoms with Gasteiger partial charge in [-0.3, -0.25) is 27.9 Å². The molecule has 5 rings (SSSR count). The topological polar surface area (TPSA) is 263 Å². The number of aromatic nitrogens is 4. The van der Waals surface area contributed by atoms with E-state index < -0.39 is 86.1 Å². The number of hydrogen-bond acceptors (Lipinski definition) is 14. The zero-order valence-electron chi connectivity index (χ0n) is 40.7. The first-order valence-electron chi connectivity index (χ1n) is 22.9. The highest BCUT2D eigenvalue weighted by atomic mass is 32.2. The van der Waals surface area contributed by atoms with Gasteiger partial charge in [0, 0.05) is 47.9 Å². The molecule has 0 saturated carbocycles. The highest BCUT2D eigenvalue weighted by Crippen LogP contribution is 2.52. The van der Waals surface area contributed by atoms with E-state index in [-0.39, 0.29) is 59.6 Å². The first kappa shape index (κ1) is 53.3. The summed E-state index contributed by atoms with van der Waals surface area (Å²) in [7, 11) is -9.50. The van der Waals surface area contributed by atoms with Gasteiger partial charge in [-0.2, -0.15) is 8.42 Å². The Morgan fingerprint density at radius 1 is 0.848 bits per heavy atom. The number of azide groups is 1. The van der Waals surface area contributed by atoms with Crippen LogP contribution in [0.5, 0.6) is 0 Å². The van der Waals surface area contributed by atoms with Gasteiger partial charge in [-0.05, 0) is 68.5 Å². The van der Waals surface area contributed by atoms with Gasteiger partial charge >= 0.3 is 11.4 Å². The van der Waals surface area contributed by atoms with E-state index in [1.807, 2.05) is 33.9 Å². The number of hydrogen-bond donors (Lipinski definition) is 2. The van der Waals surface area contributed by atoms with Crippen molar-refractivity contribution in [1.29, 1.82) is 0 Å². The zero-order chi connectivity index (χ0) is 49.4. The molecule has 20 nitrogen and oxygen atoms in total. The summed E-state index contributed by atoms with van der Waals surface area (Å²) in [5.41, 5.74) is 12.2. The molecule has 0 aliphatic carbocycles. The molecule has 0 aromatic carbocycles. The molecule has 0 radical (unpaired) electrons. The first-order chi connectivity index (χ1) is 30.5. The van der Waals surface area contributed by atoms with Crippen molar-refractivity contribution in [2.75, 3.05) is 13.2 Å². The lowest BCUT2D eigenvalue weighted by molar-refractivity contribution is -0.0567. The van der Waals surface area contributed by atoms with E-state index >= 15 is 0 Å². The molecule has 3 aliphatic heterocycles. The minimum absolute atomic E-state index is 0.0875. The zero-order valence-corrected chi connectivity index (χ0v) is 43.6. The predicted molar refractivity (Wildman–Crippen MR) is 254 cm³/mol. The molecular formula is C43H72N8O12SSi2. The molecule has 3 aliphatic rings. The van der Waals surface area contributed by atoms with Crippen molar-refractivity contribution in [3.63, 3.8) is 0 Å². The normalized spacial score (nSPS) is 25.7. The van der Waals surface area contributed by atoms with Crippen LogP contribution in [0, 0.1) is 13.8 Å². The Morgan fingerprint density at radius 3 is 1.82 bits per heavy atom. The summed E-state index contributed by atoms with van der Waals surface area (Å²) in [5, 5.41) is 13.7. The van der Waals surface area contributed by atoms with E-state index in [0.29, 0.717) is 18.4 Å². The number of nitrogens with two attached hydrogens (primary N) is 1. The van der Waals surface area contributed by atoms with Gasteiger partial charge < -0.3 is 29.2 Å². The smallest absolute Gasteiger partial charge is 0.333 e. The summed E-state index contributed by atoms with van der Waals surface area (Å²) in [4.78, 5) is 57.3. The third-order valence-corrected chi connectivity index (χ3v) is 24.2. The van der Waals surface area contributed by atoms with E-state index in [1.165, 1.54) is 30.7 Å². The number of aliphatic hydroxyl groups is 1. The highest BCUT2D eigenvalue weighted by molar-refractivity contribution is 7.90. The van der Waals surface area contributed by atoms with E-state index in [9.17, 15) is 32.7 Å². The molecule has 370 valence electrons. The van der Waals surface area contributed by atoms with E-state index in [0.717, 1.165) is 37.5 Å². The van der Waals surface area contributed by atoms with Crippen molar-refractivity contribution in [2.24, 2.45) is 10.8 Å². The van der Waals surface area contributed by atoms with E-state index in [4.69, 9.17) is 33.8 Å². The average Bonchev–Trinajstić information content (AvgIpc) is 3.83. The molecule has 23 heteroatoms. The molecule has 66 heavy (non-hydrogen) atoms. The molecule has 2 aromatic rings. The number of rotatable bonds is 19. The van der Waals surface area contributed by atoms with Crippen LogP contribution < -0.4 is 28.2 Å². The van der Waals surface area contributed by atoms with Crippen molar-refractivity contribution in [3.05, 3.63) is 86.7 Å². The highest BCUT2D eigenvalue weighted by Gasteiger charge is 2.67. The van der Waals surface area contributed by atoms with Gasteiger partial charge in [-0.25, -0.2) is 13.8 Å². The van der Waals surface area contributed by atoms with Crippen molar-refractivity contribution in [1.82, 2.24) is 18.3 Å². The lowest BCUT2D eigenvalue weighted by Crippen LogP contribution is -2.59. The summed E-state index contributed by atoms with van der Waals surface area (Å²) in [6.45, 7) is 23.6. The Labute approximate surface area is 389 Å².